The molecule has 1 aromatic carbocycles. The number of nitrogens with two attached hydrogens (primary N) is 1. The standard InChI is InChI=1S/C30H48N8O/c1-3-8-29(39)38-18-17-37(22-23(38)2)28-19-27(31)35-30(36-28)34-21-25-13-11-24(12-14-25)20-32-15-7-16-33-26-9-5-4-6-10-26/h11-14,19,23,26,32-33H,3-10,15-18,20-22H2,1-2H3,(H3,31,34,35,36)/t23-/m1/s1. The Hall–Kier alpha value is -2.91. The quantitative estimate of drug-likeness (QED) is 0.285. The molecule has 9 heteroatoms. The van der Waals surface area contributed by atoms with Crippen LogP contribution in [-0.2, 0) is 17.9 Å². The van der Waals surface area contributed by atoms with Crippen molar-refractivity contribution in [2.45, 2.75) is 90.4 Å². The maximum Gasteiger partial charge on any atom is 0.226 e. The molecule has 2 aromatic rings. The largest absolute Gasteiger partial charge is 0.383 e. The summed E-state index contributed by atoms with van der Waals surface area (Å²) in [4.78, 5) is 25.7. The first kappa shape index (κ1) is 29.1. The average molecular weight is 537 g/mol. The highest BCUT2D eigenvalue weighted by atomic mass is 16.2. The Balaban J connectivity index is 1.19. The summed E-state index contributed by atoms with van der Waals surface area (Å²) in [6.45, 7) is 9.95. The second kappa shape index (κ2) is 15.0. The molecule has 2 fully saturated rings. The molecule has 5 N–H and O–H groups in total. The maximum absolute atomic E-state index is 12.4. The molecule has 1 aromatic heterocycles. The van der Waals surface area contributed by atoms with E-state index in [4.69, 9.17) is 10.7 Å². The number of nitrogens with one attached hydrogen (secondary N) is 3. The van der Waals surface area contributed by atoms with Crippen LogP contribution in [0.5, 0.6) is 0 Å². The Morgan fingerprint density at radius 1 is 1.03 bits per heavy atom. The normalized spacial score (nSPS) is 18.4. The number of nitrogen functional groups attached to an aromatic ring is 1. The lowest BCUT2D eigenvalue weighted by atomic mass is 9.95. The molecule has 214 valence electrons. The van der Waals surface area contributed by atoms with Gasteiger partial charge in [0, 0.05) is 57.3 Å². The van der Waals surface area contributed by atoms with Gasteiger partial charge in [0.05, 0.1) is 0 Å². The third-order valence-electron chi connectivity index (χ3n) is 7.84. The SMILES string of the molecule is CCCC(=O)N1CCN(c2cc(N)nc(NCc3ccc(CNCCCNC4CCCCC4)cc3)n2)C[C@H]1C. The molecule has 2 heterocycles. The van der Waals surface area contributed by atoms with Crippen LogP contribution in [0.25, 0.3) is 0 Å². The minimum atomic E-state index is 0.136. The summed E-state index contributed by atoms with van der Waals surface area (Å²) in [5, 5.41) is 10.6. The average Bonchev–Trinajstić information content (AvgIpc) is 2.94. The van der Waals surface area contributed by atoms with Gasteiger partial charge in [-0.15, -0.1) is 0 Å². The van der Waals surface area contributed by atoms with Gasteiger partial charge < -0.3 is 31.5 Å². The summed E-state index contributed by atoms with van der Waals surface area (Å²) in [6, 6.07) is 11.3. The van der Waals surface area contributed by atoms with Crippen molar-refractivity contribution >= 4 is 23.5 Å². The fourth-order valence-corrected chi connectivity index (χ4v) is 5.60. The molecule has 0 bridgehead atoms. The summed E-state index contributed by atoms with van der Waals surface area (Å²) in [5.41, 5.74) is 8.58. The van der Waals surface area contributed by atoms with Crippen molar-refractivity contribution in [2.24, 2.45) is 0 Å². The number of carbonyl (C=O) groups excluding carboxylic acids is 1. The second-order valence-corrected chi connectivity index (χ2v) is 11.1. The van der Waals surface area contributed by atoms with Crippen LogP contribution in [0.2, 0.25) is 0 Å². The minimum absolute atomic E-state index is 0.136. The molecule has 4 rings (SSSR count). The molecular weight excluding hydrogens is 488 g/mol. The van der Waals surface area contributed by atoms with Crippen molar-refractivity contribution in [1.82, 2.24) is 25.5 Å². The Kier molecular flexibility index (Phi) is 11.2. The zero-order valence-corrected chi connectivity index (χ0v) is 23.9. The first-order valence-corrected chi connectivity index (χ1v) is 15.0. The van der Waals surface area contributed by atoms with E-state index < -0.39 is 0 Å². The van der Waals surface area contributed by atoms with Gasteiger partial charge in [-0.1, -0.05) is 50.5 Å². The number of anilines is 3. The monoisotopic (exact) mass is 536 g/mol. The van der Waals surface area contributed by atoms with E-state index in [1.54, 1.807) is 0 Å². The van der Waals surface area contributed by atoms with Crippen LogP contribution in [0.1, 0.15) is 76.3 Å². The Bertz CT molecular complexity index is 1020. The predicted molar refractivity (Wildman–Crippen MR) is 160 cm³/mol. The first-order chi connectivity index (χ1) is 19.0. The smallest absolute Gasteiger partial charge is 0.226 e. The molecule has 0 spiro atoms. The second-order valence-electron chi connectivity index (χ2n) is 11.1. The topological polar surface area (TPSA) is 111 Å². The molecule has 1 aliphatic heterocycles. The highest BCUT2D eigenvalue weighted by molar-refractivity contribution is 5.76. The van der Waals surface area contributed by atoms with Crippen LogP contribution < -0.4 is 26.6 Å². The van der Waals surface area contributed by atoms with E-state index in [0.29, 0.717) is 31.3 Å². The number of hydrogen-bond acceptors (Lipinski definition) is 8. The van der Waals surface area contributed by atoms with E-state index >= 15 is 0 Å². The fraction of sp³-hybridized carbons (Fsp3) is 0.633. The lowest BCUT2D eigenvalue weighted by Crippen LogP contribution is -2.54. The van der Waals surface area contributed by atoms with Gasteiger partial charge in [0.15, 0.2) is 0 Å². The molecular formula is C30H48N8O. The van der Waals surface area contributed by atoms with Gasteiger partial charge in [-0.05, 0) is 56.8 Å². The number of benzene rings is 1. The van der Waals surface area contributed by atoms with E-state index in [0.717, 1.165) is 57.4 Å². The molecule has 2 aliphatic rings. The zero-order chi connectivity index (χ0) is 27.5. The van der Waals surface area contributed by atoms with Crippen molar-refractivity contribution in [2.75, 3.05) is 48.7 Å². The van der Waals surface area contributed by atoms with Gasteiger partial charge in [0.1, 0.15) is 11.6 Å². The molecule has 1 amide bonds. The van der Waals surface area contributed by atoms with Crippen LogP contribution in [0.15, 0.2) is 30.3 Å². The molecule has 1 saturated carbocycles. The molecule has 1 saturated heterocycles. The molecule has 39 heavy (non-hydrogen) atoms. The molecule has 1 aliphatic carbocycles. The number of nitrogens with zero attached hydrogens (tertiary/aromatic N) is 4. The number of aromatic nitrogens is 2. The van der Waals surface area contributed by atoms with Crippen molar-refractivity contribution in [3.05, 3.63) is 41.5 Å². The zero-order valence-electron chi connectivity index (χ0n) is 23.9. The van der Waals surface area contributed by atoms with Crippen LogP contribution in [-0.4, -0.2) is 65.6 Å². The Morgan fingerprint density at radius 3 is 2.49 bits per heavy atom. The van der Waals surface area contributed by atoms with Gasteiger partial charge in [-0.25, -0.2) is 0 Å². The van der Waals surface area contributed by atoms with E-state index in [-0.39, 0.29) is 11.9 Å². The van der Waals surface area contributed by atoms with Crippen molar-refractivity contribution in [3.8, 4) is 0 Å². The summed E-state index contributed by atoms with van der Waals surface area (Å²) in [6.07, 6.45) is 9.51. The lowest BCUT2D eigenvalue weighted by molar-refractivity contribution is -0.133. The number of rotatable bonds is 13. The van der Waals surface area contributed by atoms with Gasteiger partial charge in [-0.3, -0.25) is 4.79 Å². The van der Waals surface area contributed by atoms with Crippen LogP contribution in [0, 0.1) is 0 Å². The Labute approximate surface area is 234 Å². The number of piperazine rings is 1. The molecule has 9 nitrogen and oxygen atoms in total. The highest BCUT2D eigenvalue weighted by Crippen LogP contribution is 2.22. The number of hydrogen-bond donors (Lipinski definition) is 4. The van der Waals surface area contributed by atoms with Crippen LogP contribution in [0.3, 0.4) is 0 Å². The van der Waals surface area contributed by atoms with E-state index in [1.165, 1.54) is 43.2 Å². The molecule has 0 unspecified atom stereocenters. The van der Waals surface area contributed by atoms with Gasteiger partial charge >= 0.3 is 0 Å². The molecule has 1 atom stereocenters. The van der Waals surface area contributed by atoms with E-state index in [2.05, 4.69) is 57.0 Å². The van der Waals surface area contributed by atoms with Gasteiger partial charge in [-0.2, -0.15) is 9.97 Å². The lowest BCUT2D eigenvalue weighted by Gasteiger charge is -2.40. The predicted octanol–water partition coefficient (Wildman–Crippen LogP) is 3.91. The number of carbonyl (C=O) groups is 1. The van der Waals surface area contributed by atoms with Crippen molar-refractivity contribution in [1.29, 1.82) is 0 Å². The summed E-state index contributed by atoms with van der Waals surface area (Å²) in [5.74, 6) is 2.00. The molecule has 0 radical (unpaired) electrons. The minimum Gasteiger partial charge on any atom is -0.383 e. The maximum atomic E-state index is 12.4. The van der Waals surface area contributed by atoms with Crippen LogP contribution in [0.4, 0.5) is 17.6 Å². The first-order valence-electron chi connectivity index (χ1n) is 15.0. The number of amides is 1. The van der Waals surface area contributed by atoms with Crippen molar-refractivity contribution < 1.29 is 4.79 Å². The van der Waals surface area contributed by atoms with Crippen LogP contribution >= 0.6 is 0 Å². The van der Waals surface area contributed by atoms with Gasteiger partial charge in [0.25, 0.3) is 0 Å². The third-order valence-corrected chi connectivity index (χ3v) is 7.84. The van der Waals surface area contributed by atoms with Gasteiger partial charge in [0.2, 0.25) is 11.9 Å². The Morgan fingerprint density at radius 2 is 1.77 bits per heavy atom. The summed E-state index contributed by atoms with van der Waals surface area (Å²) < 4.78 is 0. The summed E-state index contributed by atoms with van der Waals surface area (Å²) in [7, 11) is 0. The van der Waals surface area contributed by atoms with E-state index in [9.17, 15) is 4.79 Å². The fourth-order valence-electron chi connectivity index (χ4n) is 5.60. The highest BCUT2D eigenvalue weighted by Gasteiger charge is 2.28. The third kappa shape index (κ3) is 9.07. The summed E-state index contributed by atoms with van der Waals surface area (Å²) >= 11 is 0. The van der Waals surface area contributed by atoms with Crippen molar-refractivity contribution in [3.63, 3.8) is 0 Å². The van der Waals surface area contributed by atoms with E-state index in [1.807, 2.05) is 17.9 Å².